The molecule has 0 aliphatic rings. The first-order valence-corrected chi connectivity index (χ1v) is 3.80. The number of hydrogen-bond acceptors (Lipinski definition) is 2. The number of rotatable bonds is 5. The average Bonchev–Trinajstić information content (AvgIpc) is 2.13. The first kappa shape index (κ1) is 11.3. The summed E-state index contributed by atoms with van der Waals surface area (Å²) in [5.74, 6) is 0. The molecule has 0 heterocycles. The predicted molar refractivity (Wildman–Crippen MR) is 60.3 cm³/mol. The van der Waals surface area contributed by atoms with E-state index in [2.05, 4.69) is 36.4 Å². The Bertz CT molecular complexity index is 293. The van der Waals surface area contributed by atoms with Crippen LogP contribution in [0.15, 0.2) is 59.3 Å². The monoisotopic (exact) mass is 174 g/mol. The summed E-state index contributed by atoms with van der Waals surface area (Å²) in [6.45, 7) is 16.3. The second kappa shape index (κ2) is 5.89. The number of nitrogens with zero attached hydrogens (tertiary/aromatic N) is 2. The summed E-state index contributed by atoms with van der Waals surface area (Å²) in [6.07, 6.45) is 4.91. The van der Waals surface area contributed by atoms with Gasteiger partial charge in [0.25, 0.3) is 0 Å². The van der Waals surface area contributed by atoms with Gasteiger partial charge < -0.3 is 0 Å². The third kappa shape index (κ3) is 4.69. The Morgan fingerprint density at radius 2 is 1.92 bits per heavy atom. The first-order valence-electron chi connectivity index (χ1n) is 3.80. The van der Waals surface area contributed by atoms with E-state index < -0.39 is 0 Å². The number of aliphatic imine (C=N–C) groups is 2. The zero-order chi connectivity index (χ0) is 10.3. The van der Waals surface area contributed by atoms with Gasteiger partial charge in [-0.05, 0) is 31.4 Å². The Hall–Kier alpha value is -1.70. The van der Waals surface area contributed by atoms with Crippen molar-refractivity contribution in [2.24, 2.45) is 9.98 Å². The Labute approximate surface area is 79.4 Å². The molecule has 0 bridgehead atoms. The summed E-state index contributed by atoms with van der Waals surface area (Å²) in [7, 11) is 0. The molecule has 0 unspecified atom stereocenters. The molecule has 0 saturated carbocycles. The lowest BCUT2D eigenvalue weighted by atomic mass is 10.2. The van der Waals surface area contributed by atoms with E-state index in [1.165, 1.54) is 0 Å². The van der Waals surface area contributed by atoms with Gasteiger partial charge in [0, 0.05) is 11.9 Å². The van der Waals surface area contributed by atoms with Crippen molar-refractivity contribution in [2.75, 3.05) is 0 Å². The smallest absolute Gasteiger partial charge is 0.0628 e. The highest BCUT2D eigenvalue weighted by atomic mass is 14.7. The van der Waals surface area contributed by atoms with Crippen LogP contribution in [0.3, 0.4) is 0 Å². The molecule has 0 radical (unpaired) electrons. The number of hydrogen-bond donors (Lipinski definition) is 0. The summed E-state index contributed by atoms with van der Waals surface area (Å²) >= 11 is 0. The van der Waals surface area contributed by atoms with Gasteiger partial charge in [-0.15, -0.1) is 0 Å². The van der Waals surface area contributed by atoms with Crippen LogP contribution in [0.5, 0.6) is 0 Å². The van der Waals surface area contributed by atoms with Crippen LogP contribution in [-0.4, -0.2) is 12.4 Å². The minimum absolute atomic E-state index is 0.609. The van der Waals surface area contributed by atoms with Crippen LogP contribution in [0.2, 0.25) is 0 Å². The molecule has 2 heteroatoms. The first-order chi connectivity index (χ1) is 6.11. The van der Waals surface area contributed by atoms with E-state index in [0.29, 0.717) is 11.3 Å². The van der Waals surface area contributed by atoms with E-state index in [1.54, 1.807) is 18.4 Å². The van der Waals surface area contributed by atoms with Crippen molar-refractivity contribution in [2.45, 2.75) is 6.92 Å². The average molecular weight is 174 g/mol. The Balaban J connectivity index is 4.44. The zero-order valence-electron chi connectivity index (χ0n) is 7.95. The van der Waals surface area contributed by atoms with Crippen molar-refractivity contribution < 1.29 is 0 Å². The van der Waals surface area contributed by atoms with E-state index in [-0.39, 0.29) is 0 Å². The SMILES string of the molecule is C=CC(C)=NC(=C)C(=C)/C=C\N=C. The summed E-state index contributed by atoms with van der Waals surface area (Å²) in [5, 5.41) is 0. The molecule has 0 aliphatic carbocycles. The van der Waals surface area contributed by atoms with Gasteiger partial charge in [-0.2, -0.15) is 0 Å². The lowest BCUT2D eigenvalue weighted by molar-refractivity contribution is 1.36. The van der Waals surface area contributed by atoms with Crippen LogP contribution < -0.4 is 0 Å². The molecule has 2 nitrogen and oxygen atoms in total. The van der Waals surface area contributed by atoms with E-state index in [1.807, 2.05) is 6.92 Å². The molecule has 0 aliphatic heterocycles. The molecule has 0 saturated heterocycles. The normalized spacial score (nSPS) is 11.3. The third-order valence-corrected chi connectivity index (χ3v) is 1.36. The highest BCUT2D eigenvalue weighted by Gasteiger charge is 1.93. The minimum Gasteiger partial charge on any atom is -0.272 e. The third-order valence-electron chi connectivity index (χ3n) is 1.36. The van der Waals surface area contributed by atoms with Crippen molar-refractivity contribution in [3.8, 4) is 0 Å². The van der Waals surface area contributed by atoms with Crippen molar-refractivity contribution >= 4 is 12.4 Å². The molecule has 0 rings (SSSR count). The molecule has 13 heavy (non-hydrogen) atoms. The van der Waals surface area contributed by atoms with Crippen molar-refractivity contribution in [3.05, 3.63) is 49.4 Å². The van der Waals surface area contributed by atoms with E-state index >= 15 is 0 Å². The largest absolute Gasteiger partial charge is 0.272 e. The summed E-state index contributed by atoms with van der Waals surface area (Å²) in [6, 6.07) is 0. The van der Waals surface area contributed by atoms with Gasteiger partial charge in [-0.25, -0.2) is 0 Å². The molecule has 0 atom stereocenters. The maximum absolute atomic E-state index is 4.14. The molecule has 68 valence electrons. The summed E-state index contributed by atoms with van der Waals surface area (Å²) < 4.78 is 0. The number of allylic oxidation sites excluding steroid dienone is 2. The molecule has 0 aromatic heterocycles. The fourth-order valence-corrected chi connectivity index (χ4v) is 0.569. The summed E-state index contributed by atoms with van der Waals surface area (Å²) in [5.41, 5.74) is 2.14. The van der Waals surface area contributed by atoms with E-state index in [0.717, 1.165) is 5.71 Å². The van der Waals surface area contributed by atoms with Gasteiger partial charge in [0.05, 0.1) is 5.70 Å². The Kier molecular flexibility index (Phi) is 5.12. The van der Waals surface area contributed by atoms with Crippen LogP contribution in [0.25, 0.3) is 0 Å². The second-order valence-corrected chi connectivity index (χ2v) is 2.43. The lowest BCUT2D eigenvalue weighted by Crippen LogP contribution is -1.86. The summed E-state index contributed by atoms with van der Waals surface area (Å²) in [4.78, 5) is 7.70. The van der Waals surface area contributed by atoms with Crippen LogP contribution in [-0.2, 0) is 0 Å². The van der Waals surface area contributed by atoms with Gasteiger partial charge in [0.2, 0.25) is 0 Å². The van der Waals surface area contributed by atoms with Crippen LogP contribution >= 0.6 is 0 Å². The fourth-order valence-electron chi connectivity index (χ4n) is 0.569. The molecule has 0 amide bonds. The molecular formula is C11H14N2. The zero-order valence-corrected chi connectivity index (χ0v) is 7.95. The molecule has 0 fully saturated rings. The van der Waals surface area contributed by atoms with Gasteiger partial charge in [0.15, 0.2) is 0 Å². The van der Waals surface area contributed by atoms with Gasteiger partial charge in [-0.3, -0.25) is 9.98 Å². The maximum Gasteiger partial charge on any atom is 0.0628 e. The predicted octanol–water partition coefficient (Wildman–Crippen LogP) is 2.92. The highest BCUT2D eigenvalue weighted by molar-refractivity contribution is 5.93. The van der Waals surface area contributed by atoms with E-state index in [4.69, 9.17) is 0 Å². The second-order valence-electron chi connectivity index (χ2n) is 2.43. The Morgan fingerprint density at radius 3 is 2.38 bits per heavy atom. The van der Waals surface area contributed by atoms with Crippen LogP contribution in [0.1, 0.15) is 6.92 Å². The van der Waals surface area contributed by atoms with Crippen molar-refractivity contribution in [3.63, 3.8) is 0 Å². The van der Waals surface area contributed by atoms with Crippen LogP contribution in [0.4, 0.5) is 0 Å². The standard InChI is InChI=1S/C11H14N2/c1-6-10(3)13-11(4)9(2)7-8-12-5/h6-8H,1-2,4-5H2,3H3/b8-7-,13-10?. The lowest BCUT2D eigenvalue weighted by Gasteiger charge is -1.98. The molecule has 0 aromatic carbocycles. The minimum atomic E-state index is 0.609. The molecular weight excluding hydrogens is 160 g/mol. The van der Waals surface area contributed by atoms with Gasteiger partial charge >= 0.3 is 0 Å². The maximum atomic E-state index is 4.14. The molecule has 0 aromatic rings. The van der Waals surface area contributed by atoms with Gasteiger partial charge in [0.1, 0.15) is 0 Å². The van der Waals surface area contributed by atoms with E-state index in [9.17, 15) is 0 Å². The van der Waals surface area contributed by atoms with Crippen molar-refractivity contribution in [1.82, 2.24) is 0 Å². The fraction of sp³-hybridized carbons (Fsp3) is 0.0909. The Morgan fingerprint density at radius 1 is 1.31 bits per heavy atom. The van der Waals surface area contributed by atoms with Crippen LogP contribution in [0, 0.1) is 0 Å². The topological polar surface area (TPSA) is 24.7 Å². The van der Waals surface area contributed by atoms with Crippen molar-refractivity contribution in [1.29, 1.82) is 0 Å². The van der Waals surface area contributed by atoms with Gasteiger partial charge in [-0.1, -0.05) is 19.7 Å². The quantitative estimate of drug-likeness (QED) is 0.452. The molecule has 0 spiro atoms. The highest BCUT2D eigenvalue weighted by Crippen LogP contribution is 2.08. The molecule has 0 N–H and O–H groups in total.